The second kappa shape index (κ2) is 7.07. The molecule has 4 heteroatoms. The molecule has 0 amide bonds. The van der Waals surface area contributed by atoms with Gasteiger partial charge in [-0.3, -0.25) is 4.90 Å². The molecule has 1 atom stereocenters. The SMILES string of the molecule is CC(C)N1CCOC(CNC(C)(C)CCBr)C1. The summed E-state index contributed by atoms with van der Waals surface area (Å²) >= 11 is 3.50. The lowest BCUT2D eigenvalue weighted by Gasteiger charge is -2.37. The van der Waals surface area contributed by atoms with Crippen LogP contribution in [0.1, 0.15) is 34.1 Å². The second-order valence-electron chi connectivity index (χ2n) is 5.79. The third-order valence-electron chi connectivity index (χ3n) is 3.43. The van der Waals surface area contributed by atoms with Crippen LogP contribution < -0.4 is 5.32 Å². The molecule has 0 aromatic carbocycles. The predicted molar refractivity (Wildman–Crippen MR) is 76.9 cm³/mol. The third kappa shape index (κ3) is 5.69. The number of nitrogens with zero attached hydrogens (tertiary/aromatic N) is 1. The zero-order valence-electron chi connectivity index (χ0n) is 11.6. The van der Waals surface area contributed by atoms with E-state index in [4.69, 9.17) is 4.74 Å². The Hall–Kier alpha value is 0.360. The van der Waals surface area contributed by atoms with Crippen molar-refractivity contribution in [3.8, 4) is 0 Å². The summed E-state index contributed by atoms with van der Waals surface area (Å²) in [6.07, 6.45) is 1.47. The van der Waals surface area contributed by atoms with Crippen molar-refractivity contribution in [2.75, 3.05) is 31.6 Å². The van der Waals surface area contributed by atoms with Crippen LogP contribution in [0, 0.1) is 0 Å². The molecule has 0 radical (unpaired) electrons. The molecular weight excluding hydrogens is 280 g/mol. The highest BCUT2D eigenvalue weighted by atomic mass is 79.9. The lowest BCUT2D eigenvalue weighted by Crippen LogP contribution is -2.52. The average Bonchev–Trinajstić information content (AvgIpc) is 2.27. The maximum Gasteiger partial charge on any atom is 0.0827 e. The number of alkyl halides is 1. The average molecular weight is 307 g/mol. The first kappa shape index (κ1) is 15.4. The summed E-state index contributed by atoms with van der Waals surface area (Å²) in [4.78, 5) is 2.49. The number of hydrogen-bond acceptors (Lipinski definition) is 3. The molecule has 17 heavy (non-hydrogen) atoms. The van der Waals surface area contributed by atoms with E-state index in [1.165, 1.54) is 0 Å². The minimum Gasteiger partial charge on any atom is -0.374 e. The van der Waals surface area contributed by atoms with Crippen molar-refractivity contribution in [2.24, 2.45) is 0 Å². The molecule has 1 aliphatic heterocycles. The van der Waals surface area contributed by atoms with E-state index in [1.54, 1.807) is 0 Å². The molecule has 1 unspecified atom stereocenters. The monoisotopic (exact) mass is 306 g/mol. The minimum atomic E-state index is 0.187. The summed E-state index contributed by atoms with van der Waals surface area (Å²) in [5.41, 5.74) is 0.187. The molecule has 0 saturated carbocycles. The van der Waals surface area contributed by atoms with Gasteiger partial charge in [-0.1, -0.05) is 15.9 Å². The summed E-state index contributed by atoms with van der Waals surface area (Å²) < 4.78 is 5.82. The normalized spacial score (nSPS) is 23.3. The van der Waals surface area contributed by atoms with Gasteiger partial charge in [0.2, 0.25) is 0 Å². The first-order valence-electron chi connectivity index (χ1n) is 6.61. The number of ether oxygens (including phenoxy) is 1. The van der Waals surface area contributed by atoms with Crippen molar-refractivity contribution in [1.29, 1.82) is 0 Å². The standard InChI is InChI=1S/C13H27BrN2O/c1-11(2)16-7-8-17-12(10-16)9-15-13(3,4)5-6-14/h11-12,15H,5-10H2,1-4H3. The first-order chi connectivity index (χ1) is 7.94. The van der Waals surface area contributed by atoms with E-state index < -0.39 is 0 Å². The Morgan fingerprint density at radius 1 is 1.47 bits per heavy atom. The van der Waals surface area contributed by atoms with E-state index in [9.17, 15) is 0 Å². The molecular formula is C13H27BrN2O. The Morgan fingerprint density at radius 2 is 2.18 bits per heavy atom. The molecule has 1 N–H and O–H groups in total. The van der Waals surface area contributed by atoms with Crippen molar-refractivity contribution >= 4 is 15.9 Å². The molecule has 1 saturated heterocycles. The van der Waals surface area contributed by atoms with Crippen LogP contribution in [0.15, 0.2) is 0 Å². The zero-order chi connectivity index (χ0) is 12.9. The summed E-state index contributed by atoms with van der Waals surface area (Å²) in [5, 5.41) is 4.65. The topological polar surface area (TPSA) is 24.5 Å². The van der Waals surface area contributed by atoms with Gasteiger partial charge in [0.05, 0.1) is 12.7 Å². The van der Waals surface area contributed by atoms with Crippen LogP contribution in [0.3, 0.4) is 0 Å². The van der Waals surface area contributed by atoms with Crippen LogP contribution in [-0.4, -0.2) is 54.2 Å². The largest absolute Gasteiger partial charge is 0.374 e. The van der Waals surface area contributed by atoms with E-state index in [1.807, 2.05) is 0 Å². The van der Waals surface area contributed by atoms with Gasteiger partial charge < -0.3 is 10.1 Å². The number of rotatable bonds is 6. The van der Waals surface area contributed by atoms with Crippen molar-refractivity contribution in [1.82, 2.24) is 10.2 Å². The van der Waals surface area contributed by atoms with Crippen LogP contribution in [-0.2, 0) is 4.74 Å². The Bertz CT molecular complexity index is 221. The molecule has 0 spiro atoms. The van der Waals surface area contributed by atoms with Crippen molar-refractivity contribution < 1.29 is 4.74 Å². The lowest BCUT2D eigenvalue weighted by molar-refractivity contribution is -0.0395. The van der Waals surface area contributed by atoms with Gasteiger partial charge in [-0.05, 0) is 34.1 Å². The number of hydrogen-bond donors (Lipinski definition) is 1. The first-order valence-corrected chi connectivity index (χ1v) is 7.73. The molecule has 102 valence electrons. The van der Waals surface area contributed by atoms with Crippen molar-refractivity contribution in [3.05, 3.63) is 0 Å². The number of nitrogens with one attached hydrogen (secondary N) is 1. The van der Waals surface area contributed by atoms with Gasteiger partial charge in [0.1, 0.15) is 0 Å². The molecule has 0 aromatic rings. The van der Waals surface area contributed by atoms with E-state index in [-0.39, 0.29) is 5.54 Å². The fourth-order valence-electron chi connectivity index (χ4n) is 2.05. The second-order valence-corrected chi connectivity index (χ2v) is 6.58. The van der Waals surface area contributed by atoms with Gasteiger partial charge in [-0.25, -0.2) is 0 Å². The minimum absolute atomic E-state index is 0.187. The van der Waals surface area contributed by atoms with Crippen LogP contribution >= 0.6 is 15.9 Å². The van der Waals surface area contributed by atoms with E-state index in [2.05, 4.69) is 53.8 Å². The highest BCUT2D eigenvalue weighted by molar-refractivity contribution is 9.09. The quantitative estimate of drug-likeness (QED) is 0.762. The highest BCUT2D eigenvalue weighted by Crippen LogP contribution is 2.12. The smallest absolute Gasteiger partial charge is 0.0827 e. The van der Waals surface area contributed by atoms with E-state index >= 15 is 0 Å². The van der Waals surface area contributed by atoms with Crippen LogP contribution in [0.5, 0.6) is 0 Å². The zero-order valence-corrected chi connectivity index (χ0v) is 13.2. The van der Waals surface area contributed by atoms with Gasteiger partial charge in [-0.2, -0.15) is 0 Å². The number of halogens is 1. The van der Waals surface area contributed by atoms with E-state index in [0.717, 1.165) is 38.0 Å². The molecule has 1 aliphatic rings. The van der Waals surface area contributed by atoms with Gasteiger partial charge in [0, 0.05) is 36.5 Å². The van der Waals surface area contributed by atoms with Gasteiger partial charge in [0.25, 0.3) is 0 Å². The Kier molecular flexibility index (Phi) is 6.41. The van der Waals surface area contributed by atoms with Gasteiger partial charge in [0.15, 0.2) is 0 Å². The molecule has 0 bridgehead atoms. The van der Waals surface area contributed by atoms with Crippen molar-refractivity contribution in [3.63, 3.8) is 0 Å². The predicted octanol–water partition coefficient (Wildman–Crippen LogP) is 2.25. The molecule has 1 fully saturated rings. The third-order valence-corrected chi connectivity index (χ3v) is 3.82. The van der Waals surface area contributed by atoms with Gasteiger partial charge >= 0.3 is 0 Å². The molecule has 1 heterocycles. The van der Waals surface area contributed by atoms with Crippen LogP contribution in [0.25, 0.3) is 0 Å². The maximum absolute atomic E-state index is 5.82. The Labute approximate surface area is 114 Å². The molecule has 0 aromatic heterocycles. The molecule has 3 nitrogen and oxygen atoms in total. The van der Waals surface area contributed by atoms with Crippen molar-refractivity contribution in [2.45, 2.75) is 51.8 Å². The highest BCUT2D eigenvalue weighted by Gasteiger charge is 2.24. The summed E-state index contributed by atoms with van der Waals surface area (Å²) in [7, 11) is 0. The fourth-order valence-corrected chi connectivity index (χ4v) is 3.04. The van der Waals surface area contributed by atoms with E-state index in [0.29, 0.717) is 12.1 Å². The summed E-state index contributed by atoms with van der Waals surface area (Å²) in [5.74, 6) is 0. The Balaban J connectivity index is 2.31. The fraction of sp³-hybridized carbons (Fsp3) is 1.00. The molecule has 1 rings (SSSR count). The van der Waals surface area contributed by atoms with Crippen LogP contribution in [0.4, 0.5) is 0 Å². The van der Waals surface area contributed by atoms with Gasteiger partial charge in [-0.15, -0.1) is 0 Å². The number of morpholine rings is 1. The van der Waals surface area contributed by atoms with Crippen LogP contribution in [0.2, 0.25) is 0 Å². The molecule has 0 aliphatic carbocycles. The Morgan fingerprint density at radius 3 is 2.76 bits per heavy atom. The lowest BCUT2D eigenvalue weighted by atomic mass is 10.0. The summed E-state index contributed by atoms with van der Waals surface area (Å²) in [6.45, 7) is 12.9. The summed E-state index contributed by atoms with van der Waals surface area (Å²) in [6, 6.07) is 0.622. The maximum atomic E-state index is 5.82.